The first-order chi connectivity index (χ1) is 16.4. The molecule has 0 radical (unpaired) electrons. The third-order valence-electron chi connectivity index (χ3n) is 4.39. The summed E-state index contributed by atoms with van der Waals surface area (Å²) in [7, 11) is 0. The molecule has 0 saturated heterocycles. The fraction of sp³-hybridized carbons (Fsp3) is 0. The van der Waals surface area contributed by atoms with E-state index >= 15 is 0 Å². The fourth-order valence-corrected chi connectivity index (χ4v) is 2.72. The van der Waals surface area contributed by atoms with Crippen LogP contribution in [-0.4, -0.2) is 53.7 Å². The van der Waals surface area contributed by atoms with Crippen molar-refractivity contribution >= 4 is 23.6 Å². The van der Waals surface area contributed by atoms with Gasteiger partial charge in [-0.3, -0.25) is 0 Å². The molecule has 3 aromatic rings. The van der Waals surface area contributed by atoms with Gasteiger partial charge in [0.15, 0.2) is 28.7 Å². The van der Waals surface area contributed by atoms with E-state index in [9.17, 15) is 49.9 Å². The van der Waals surface area contributed by atoms with E-state index in [1.165, 1.54) is 0 Å². The molecule has 35 heavy (non-hydrogen) atoms. The first-order valence-electron chi connectivity index (χ1n) is 9.11. The molecule has 7 N–H and O–H groups in total. The molecular weight excluding hydrogens is 474 g/mol. The summed E-state index contributed by atoms with van der Waals surface area (Å²) >= 11 is 0. The van der Waals surface area contributed by atoms with E-state index < -0.39 is 86.3 Å². The van der Waals surface area contributed by atoms with E-state index in [0.717, 1.165) is 24.3 Å². The average Bonchev–Trinajstić information content (AvgIpc) is 2.79. The lowest BCUT2D eigenvalue weighted by Gasteiger charge is -2.12. The number of carboxylic acid groups (broad SMARTS) is 1. The standard InChI is InChI=1S/C21H13NO13/c23-10-2-8(3-11(24)16(10)22-33)20(31)35-15-6-9(4-13(26)18(15)28)21(32)34-14-5-7(19(29)30)1-12(25)17(14)27/h1-6,23-28H,(H,29,30). The van der Waals surface area contributed by atoms with Crippen molar-refractivity contribution in [2.45, 2.75) is 0 Å². The topological polar surface area (TPSA) is 241 Å². The Labute approximate surface area is 193 Å². The second-order valence-corrected chi connectivity index (χ2v) is 6.72. The largest absolute Gasteiger partial charge is 0.505 e. The minimum atomic E-state index is -1.51. The minimum Gasteiger partial charge on any atom is -0.505 e. The highest BCUT2D eigenvalue weighted by Gasteiger charge is 2.23. The van der Waals surface area contributed by atoms with Crippen LogP contribution < -0.4 is 9.47 Å². The Hall–Kier alpha value is -5.53. The number of aromatic hydroxyl groups is 6. The van der Waals surface area contributed by atoms with Crippen LogP contribution in [0.25, 0.3) is 0 Å². The van der Waals surface area contributed by atoms with Crippen LogP contribution in [-0.2, 0) is 0 Å². The van der Waals surface area contributed by atoms with Crippen molar-refractivity contribution in [3.63, 3.8) is 0 Å². The van der Waals surface area contributed by atoms with Crippen LogP contribution in [0.2, 0.25) is 0 Å². The number of carbonyl (C=O) groups excluding carboxylic acids is 2. The van der Waals surface area contributed by atoms with Gasteiger partial charge in [0.05, 0.1) is 16.7 Å². The van der Waals surface area contributed by atoms with Crippen LogP contribution in [0.5, 0.6) is 46.0 Å². The number of carboxylic acids is 1. The molecule has 0 bridgehead atoms. The van der Waals surface area contributed by atoms with Crippen molar-refractivity contribution in [1.82, 2.24) is 0 Å². The Balaban J connectivity index is 1.92. The number of aromatic carboxylic acids is 1. The molecule has 0 aliphatic carbocycles. The summed E-state index contributed by atoms with van der Waals surface area (Å²) in [6.45, 7) is 0. The Bertz CT molecular complexity index is 1370. The molecule has 0 aliphatic rings. The van der Waals surface area contributed by atoms with E-state index in [1.54, 1.807) is 0 Å². The van der Waals surface area contributed by atoms with Crippen LogP contribution >= 0.6 is 0 Å². The first-order valence-corrected chi connectivity index (χ1v) is 9.11. The lowest BCUT2D eigenvalue weighted by atomic mass is 10.1. The van der Waals surface area contributed by atoms with Gasteiger partial charge < -0.3 is 45.2 Å². The predicted molar refractivity (Wildman–Crippen MR) is 112 cm³/mol. The van der Waals surface area contributed by atoms with Gasteiger partial charge in [-0.2, -0.15) is 0 Å². The van der Waals surface area contributed by atoms with Gasteiger partial charge in [0.2, 0.25) is 11.5 Å². The zero-order valence-electron chi connectivity index (χ0n) is 17.0. The molecule has 0 heterocycles. The van der Waals surface area contributed by atoms with Gasteiger partial charge >= 0.3 is 17.9 Å². The van der Waals surface area contributed by atoms with E-state index in [1.807, 2.05) is 0 Å². The van der Waals surface area contributed by atoms with Crippen LogP contribution in [0.15, 0.2) is 41.6 Å². The Morgan fingerprint density at radius 1 is 0.600 bits per heavy atom. The molecule has 0 fully saturated rings. The number of nitroso groups, excluding NO2 is 1. The van der Waals surface area contributed by atoms with Gasteiger partial charge in [-0.1, -0.05) is 0 Å². The number of esters is 2. The monoisotopic (exact) mass is 487 g/mol. The quantitative estimate of drug-likeness (QED) is 0.114. The molecule has 0 unspecified atom stereocenters. The molecule has 0 amide bonds. The van der Waals surface area contributed by atoms with Crippen molar-refractivity contribution in [3.8, 4) is 46.0 Å². The summed E-state index contributed by atoms with van der Waals surface area (Å²) in [4.78, 5) is 46.5. The maximum absolute atomic E-state index is 12.5. The van der Waals surface area contributed by atoms with E-state index in [-0.39, 0.29) is 0 Å². The number of phenols is 6. The van der Waals surface area contributed by atoms with Gasteiger partial charge in [0.1, 0.15) is 11.5 Å². The number of carbonyl (C=O) groups is 3. The molecule has 0 atom stereocenters. The Morgan fingerprint density at radius 2 is 0.971 bits per heavy atom. The highest BCUT2D eigenvalue weighted by molar-refractivity contribution is 5.96. The number of ether oxygens (including phenoxy) is 2. The number of hydrogen-bond donors (Lipinski definition) is 7. The van der Waals surface area contributed by atoms with Gasteiger partial charge in [-0.15, -0.1) is 4.91 Å². The molecule has 14 heteroatoms. The molecule has 0 aromatic heterocycles. The summed E-state index contributed by atoms with van der Waals surface area (Å²) in [5, 5.41) is 70.1. The van der Waals surface area contributed by atoms with Crippen LogP contribution in [0, 0.1) is 4.91 Å². The van der Waals surface area contributed by atoms with Crippen molar-refractivity contribution in [3.05, 3.63) is 58.0 Å². The summed E-state index contributed by atoms with van der Waals surface area (Å²) < 4.78 is 9.72. The zero-order valence-corrected chi connectivity index (χ0v) is 17.0. The molecular formula is C21H13NO13. The highest BCUT2D eigenvalue weighted by Crippen LogP contribution is 2.41. The molecule has 180 valence electrons. The number of rotatable bonds is 6. The van der Waals surface area contributed by atoms with Crippen molar-refractivity contribution in [2.24, 2.45) is 5.18 Å². The average molecular weight is 487 g/mol. The van der Waals surface area contributed by atoms with Crippen molar-refractivity contribution in [1.29, 1.82) is 0 Å². The SMILES string of the molecule is O=Nc1c(O)cc(C(=O)Oc2cc(C(=O)Oc3cc(C(=O)O)cc(O)c3O)cc(O)c2O)cc1O. The van der Waals surface area contributed by atoms with Gasteiger partial charge in [-0.25, -0.2) is 14.4 Å². The predicted octanol–water partition coefficient (Wildman–Crippen LogP) is 2.45. The van der Waals surface area contributed by atoms with Crippen molar-refractivity contribution in [2.75, 3.05) is 0 Å². The number of hydrogen-bond acceptors (Lipinski definition) is 13. The van der Waals surface area contributed by atoms with Gasteiger partial charge in [-0.05, 0) is 41.6 Å². The molecule has 0 spiro atoms. The summed E-state index contributed by atoms with van der Waals surface area (Å²) in [5.41, 5.74) is -2.35. The number of phenolic OH excluding ortho intramolecular Hbond substituents is 6. The summed E-state index contributed by atoms with van der Waals surface area (Å²) in [6, 6.07) is 4.29. The third-order valence-corrected chi connectivity index (χ3v) is 4.39. The van der Waals surface area contributed by atoms with E-state index in [4.69, 9.17) is 14.6 Å². The lowest BCUT2D eigenvalue weighted by molar-refractivity contribution is 0.0685. The Kier molecular flexibility index (Phi) is 6.30. The Morgan fingerprint density at radius 3 is 1.40 bits per heavy atom. The van der Waals surface area contributed by atoms with Crippen molar-refractivity contribution < 1.29 is 59.6 Å². The van der Waals surface area contributed by atoms with Crippen LogP contribution in [0.1, 0.15) is 31.1 Å². The minimum absolute atomic E-state index is 0.509. The number of benzene rings is 3. The smallest absolute Gasteiger partial charge is 0.343 e. The molecule has 0 aliphatic heterocycles. The number of nitrogens with zero attached hydrogens (tertiary/aromatic N) is 1. The maximum atomic E-state index is 12.5. The van der Waals surface area contributed by atoms with E-state index in [0.29, 0.717) is 12.1 Å². The normalized spacial score (nSPS) is 10.4. The van der Waals surface area contributed by atoms with Gasteiger partial charge in [0.25, 0.3) is 0 Å². The molecule has 3 rings (SSSR count). The molecule has 14 nitrogen and oxygen atoms in total. The zero-order chi connectivity index (χ0) is 26.0. The second kappa shape index (κ2) is 9.14. The molecule has 3 aromatic carbocycles. The van der Waals surface area contributed by atoms with Crippen LogP contribution in [0.4, 0.5) is 5.69 Å². The second-order valence-electron chi connectivity index (χ2n) is 6.72. The van der Waals surface area contributed by atoms with E-state index in [2.05, 4.69) is 5.18 Å². The third kappa shape index (κ3) is 4.80. The van der Waals surface area contributed by atoms with Crippen LogP contribution in [0.3, 0.4) is 0 Å². The van der Waals surface area contributed by atoms with Gasteiger partial charge in [0, 0.05) is 0 Å². The first kappa shape index (κ1) is 24.1. The maximum Gasteiger partial charge on any atom is 0.343 e. The summed E-state index contributed by atoms with van der Waals surface area (Å²) in [5.74, 6) is -11.3. The summed E-state index contributed by atoms with van der Waals surface area (Å²) in [6.07, 6.45) is 0. The highest BCUT2D eigenvalue weighted by atomic mass is 16.5. The molecule has 0 saturated carbocycles. The lowest BCUT2D eigenvalue weighted by Crippen LogP contribution is -2.12. The fourth-order valence-electron chi connectivity index (χ4n) is 2.72.